The summed E-state index contributed by atoms with van der Waals surface area (Å²) in [5, 5.41) is 4.64. The number of anilines is 1. The van der Waals surface area contributed by atoms with Crippen LogP contribution in [0.2, 0.25) is 5.28 Å². The molecule has 0 amide bonds. The van der Waals surface area contributed by atoms with Crippen LogP contribution < -0.4 is 4.90 Å². The molecule has 4 aliphatic rings. The minimum absolute atomic E-state index is 0.160. The third-order valence-electron chi connectivity index (χ3n) is 6.53. The molecule has 6 nitrogen and oxygen atoms in total. The van der Waals surface area contributed by atoms with Crippen LogP contribution in [0.3, 0.4) is 0 Å². The minimum atomic E-state index is -2.71. The molecule has 2 aromatic rings. The van der Waals surface area contributed by atoms with Crippen LogP contribution in [0, 0.1) is 5.41 Å². The Morgan fingerprint density at radius 1 is 1.32 bits per heavy atom. The third-order valence-corrected chi connectivity index (χ3v) is 6.69. The summed E-state index contributed by atoms with van der Waals surface area (Å²) in [6, 6.07) is 2.58. The van der Waals surface area contributed by atoms with E-state index >= 15 is 0 Å². The second-order valence-electron chi connectivity index (χ2n) is 7.79. The first-order valence-electron chi connectivity index (χ1n) is 8.62. The van der Waals surface area contributed by atoms with Crippen LogP contribution in [0.1, 0.15) is 31.9 Å². The van der Waals surface area contributed by atoms with E-state index in [1.54, 1.807) is 10.6 Å². The molecule has 4 fully saturated rings. The normalized spacial score (nSPS) is 37.5. The fraction of sp³-hybridized carbons (Fsp3) is 0.688. The van der Waals surface area contributed by atoms with Gasteiger partial charge in [-0.05, 0) is 37.8 Å². The van der Waals surface area contributed by atoms with Crippen molar-refractivity contribution in [2.24, 2.45) is 5.41 Å². The molecule has 4 unspecified atom stereocenters. The lowest BCUT2D eigenvalue weighted by molar-refractivity contribution is -0.412. The first-order valence-corrected chi connectivity index (χ1v) is 8.99. The molecular formula is C16H16ClF2N5O. The molecular weight excluding hydrogens is 352 g/mol. The largest absolute Gasteiger partial charge is 0.373 e. The van der Waals surface area contributed by atoms with E-state index in [0.717, 1.165) is 19.8 Å². The summed E-state index contributed by atoms with van der Waals surface area (Å²) in [6.07, 6.45) is 2.78. The molecule has 25 heavy (non-hydrogen) atoms. The van der Waals surface area contributed by atoms with Crippen LogP contribution in [-0.4, -0.2) is 49.8 Å². The highest BCUT2D eigenvalue weighted by Crippen LogP contribution is 2.76. The van der Waals surface area contributed by atoms with Crippen molar-refractivity contribution in [3.05, 3.63) is 17.0 Å². The Hall–Kier alpha value is -1.54. The maximum atomic E-state index is 13.1. The van der Waals surface area contributed by atoms with Crippen molar-refractivity contribution in [2.45, 2.75) is 62.8 Å². The lowest BCUT2D eigenvalue weighted by Crippen LogP contribution is -2.99. The Bertz CT molecular complexity index is 890. The van der Waals surface area contributed by atoms with Gasteiger partial charge in [-0.15, -0.1) is 0 Å². The number of rotatable bonds is 4. The fourth-order valence-corrected chi connectivity index (χ4v) is 5.48. The smallest absolute Gasteiger partial charge is 0.245 e. The Kier molecular flexibility index (Phi) is 2.47. The third kappa shape index (κ3) is 1.61. The van der Waals surface area contributed by atoms with Gasteiger partial charge in [0.15, 0.2) is 5.65 Å². The van der Waals surface area contributed by atoms with Crippen LogP contribution in [0.25, 0.3) is 5.65 Å². The van der Waals surface area contributed by atoms with Gasteiger partial charge in [0.25, 0.3) is 0 Å². The minimum Gasteiger partial charge on any atom is -0.373 e. The molecule has 2 saturated heterocycles. The van der Waals surface area contributed by atoms with Crippen LogP contribution >= 0.6 is 11.6 Å². The molecule has 4 heterocycles. The summed E-state index contributed by atoms with van der Waals surface area (Å²) in [5.41, 5.74) is 1.48. The second-order valence-corrected chi connectivity index (χ2v) is 8.13. The zero-order valence-corrected chi connectivity index (χ0v) is 14.2. The molecule has 6 rings (SSSR count). The van der Waals surface area contributed by atoms with Crippen LogP contribution in [-0.2, 0) is 11.2 Å². The van der Waals surface area contributed by atoms with Gasteiger partial charge in [0.2, 0.25) is 17.2 Å². The number of hydrogen-bond donors (Lipinski definition) is 0. The van der Waals surface area contributed by atoms with Crippen molar-refractivity contribution in [2.75, 3.05) is 4.90 Å². The number of ether oxygens (including phenoxy) is 1. The average molecular weight is 368 g/mol. The molecule has 9 heteroatoms. The lowest BCUT2D eigenvalue weighted by Gasteiger charge is -2.87. The van der Waals surface area contributed by atoms with Gasteiger partial charge in [-0.1, -0.05) is 0 Å². The maximum absolute atomic E-state index is 13.1. The highest BCUT2D eigenvalue weighted by atomic mass is 35.5. The molecule has 0 radical (unpaired) electrons. The average Bonchev–Trinajstić information content (AvgIpc) is 2.84. The molecule has 4 atom stereocenters. The first kappa shape index (κ1) is 14.6. The maximum Gasteiger partial charge on any atom is 0.245 e. The van der Waals surface area contributed by atoms with E-state index in [1.165, 1.54) is 0 Å². The molecule has 2 aliphatic carbocycles. The molecule has 0 bridgehead atoms. The van der Waals surface area contributed by atoms with Crippen molar-refractivity contribution in [1.82, 2.24) is 19.6 Å². The van der Waals surface area contributed by atoms with Gasteiger partial charge in [0.05, 0.1) is 23.3 Å². The summed E-state index contributed by atoms with van der Waals surface area (Å²) >= 11 is 6.11. The number of nitrogens with zero attached hydrogens (tertiary/aromatic N) is 5. The topological polar surface area (TPSA) is 55.5 Å². The number of hydrogen-bond acceptors (Lipinski definition) is 5. The van der Waals surface area contributed by atoms with Gasteiger partial charge in [-0.2, -0.15) is 19.6 Å². The van der Waals surface area contributed by atoms with Gasteiger partial charge in [0.1, 0.15) is 0 Å². The van der Waals surface area contributed by atoms with Gasteiger partial charge in [-0.3, -0.25) is 0 Å². The van der Waals surface area contributed by atoms with E-state index < -0.39 is 5.92 Å². The molecule has 2 aromatic heterocycles. The van der Waals surface area contributed by atoms with Gasteiger partial charge < -0.3 is 9.64 Å². The van der Waals surface area contributed by atoms with Crippen LogP contribution in [0.15, 0.2) is 6.07 Å². The van der Waals surface area contributed by atoms with E-state index in [4.69, 9.17) is 16.3 Å². The molecule has 2 saturated carbocycles. The van der Waals surface area contributed by atoms with E-state index in [0.29, 0.717) is 47.0 Å². The molecule has 0 aromatic carbocycles. The Labute approximate surface area is 147 Å². The monoisotopic (exact) mass is 367 g/mol. The summed E-state index contributed by atoms with van der Waals surface area (Å²) < 4.78 is 33.7. The van der Waals surface area contributed by atoms with E-state index in [1.807, 2.05) is 0 Å². The Balaban J connectivity index is 1.36. The summed E-state index contributed by atoms with van der Waals surface area (Å²) in [5.74, 6) is -2.04. The van der Waals surface area contributed by atoms with Gasteiger partial charge in [0, 0.05) is 24.6 Å². The van der Waals surface area contributed by atoms with E-state index in [2.05, 4.69) is 20.0 Å². The number of piperidine rings is 2. The van der Waals surface area contributed by atoms with Crippen molar-refractivity contribution < 1.29 is 13.5 Å². The van der Waals surface area contributed by atoms with Gasteiger partial charge in [-0.25, -0.2) is 8.78 Å². The molecule has 1 spiro atoms. The summed E-state index contributed by atoms with van der Waals surface area (Å²) in [7, 11) is 0. The zero-order valence-electron chi connectivity index (χ0n) is 13.5. The summed E-state index contributed by atoms with van der Waals surface area (Å²) in [4.78, 5) is 10.9. The molecule has 0 N–H and O–H groups in total. The van der Waals surface area contributed by atoms with Crippen LogP contribution in [0.5, 0.6) is 0 Å². The SMILES string of the molecule is CC(F)(F)CCc1cc2nc(Cl)nc(N3C4CC5OC6CC3C564)n2n1. The Morgan fingerprint density at radius 3 is 2.68 bits per heavy atom. The standard InChI is InChI=1S/C16H16ClF2N5O/c1-15(18,19)3-2-7-4-12-20-13(17)21-14(24(12)22-7)23-8-5-10-16(8)9(23)6-11(16)25-10/h4,8-11H,2-3,5-6H2,1H3. The Morgan fingerprint density at radius 2 is 2.04 bits per heavy atom. The van der Waals surface area contributed by atoms with Gasteiger partial charge >= 0.3 is 0 Å². The number of alkyl halides is 2. The quantitative estimate of drug-likeness (QED) is 0.831. The van der Waals surface area contributed by atoms with Crippen molar-refractivity contribution in [1.29, 1.82) is 0 Å². The first-order chi connectivity index (χ1) is 11.9. The summed E-state index contributed by atoms with van der Waals surface area (Å²) in [6.45, 7) is 0.922. The lowest BCUT2D eigenvalue weighted by atomic mass is 9.36. The number of fused-ring (bicyclic) bond motifs is 1. The fourth-order valence-electron chi connectivity index (χ4n) is 5.32. The van der Waals surface area contributed by atoms with Crippen molar-refractivity contribution in [3.8, 4) is 0 Å². The highest BCUT2D eigenvalue weighted by molar-refractivity contribution is 6.28. The van der Waals surface area contributed by atoms with E-state index in [9.17, 15) is 8.78 Å². The number of aryl methyl sites for hydroxylation is 1. The van der Waals surface area contributed by atoms with Crippen LogP contribution in [0.4, 0.5) is 14.7 Å². The van der Waals surface area contributed by atoms with Crippen molar-refractivity contribution in [3.63, 3.8) is 0 Å². The van der Waals surface area contributed by atoms with Crippen molar-refractivity contribution >= 4 is 23.2 Å². The van der Waals surface area contributed by atoms with E-state index in [-0.39, 0.29) is 18.1 Å². The number of halogens is 3. The zero-order chi connectivity index (χ0) is 17.1. The number of aromatic nitrogens is 4. The highest BCUT2D eigenvalue weighted by Gasteiger charge is 2.87. The molecule has 132 valence electrons. The second kappa shape index (κ2) is 4.23. The predicted molar refractivity (Wildman–Crippen MR) is 85.1 cm³/mol. The molecule has 2 aliphatic heterocycles. The predicted octanol–water partition coefficient (Wildman–Crippen LogP) is 2.48.